The number of hydrogen-bond donors (Lipinski definition) is 3. The molecule has 2 amide bonds. The lowest BCUT2D eigenvalue weighted by Gasteiger charge is -2.22. The van der Waals surface area contributed by atoms with Crippen molar-refractivity contribution in [2.45, 2.75) is 39.5 Å². The van der Waals surface area contributed by atoms with Gasteiger partial charge in [0.05, 0.1) is 0 Å². The molecule has 0 aliphatic carbocycles. The second kappa shape index (κ2) is 11.8. The van der Waals surface area contributed by atoms with Crippen molar-refractivity contribution in [2.24, 2.45) is 5.92 Å². The van der Waals surface area contributed by atoms with Crippen molar-refractivity contribution in [3.63, 3.8) is 0 Å². The third-order valence-corrected chi connectivity index (χ3v) is 4.38. The summed E-state index contributed by atoms with van der Waals surface area (Å²) in [6, 6.07) is 16.0. The molecule has 3 N–H and O–H groups in total. The van der Waals surface area contributed by atoms with E-state index < -0.39 is 24.1 Å². The lowest BCUT2D eigenvalue weighted by Crippen LogP contribution is -2.51. The van der Waals surface area contributed by atoms with E-state index in [2.05, 4.69) is 10.6 Å². The van der Waals surface area contributed by atoms with Gasteiger partial charge in [0.2, 0.25) is 5.91 Å². The van der Waals surface area contributed by atoms with E-state index in [9.17, 15) is 14.7 Å². The number of benzene rings is 2. The molecule has 2 rings (SSSR count). The van der Waals surface area contributed by atoms with Crippen molar-refractivity contribution >= 4 is 12.0 Å². The van der Waals surface area contributed by atoms with Gasteiger partial charge in [-0.05, 0) is 36.1 Å². The number of rotatable bonds is 10. The first kappa shape index (κ1) is 23.2. The quantitative estimate of drug-likeness (QED) is 0.556. The lowest BCUT2D eigenvalue weighted by atomic mass is 10.0. The largest absolute Gasteiger partial charge is 0.491 e. The van der Waals surface area contributed by atoms with Crippen LogP contribution in [0.15, 0.2) is 54.6 Å². The third-order valence-electron chi connectivity index (χ3n) is 4.38. The lowest BCUT2D eigenvalue weighted by molar-refractivity contribution is -0.124. The molecule has 0 saturated heterocycles. The number of carbonyl (C=O) groups is 2. The standard InChI is InChI=1S/C23H30N2O5/c1-16(2)21(25-23(28)30-14-18-9-5-4-6-10-18)22(27)24-13-19(26)15-29-20-11-7-8-17(3)12-20/h4-12,16,19,21,26H,13-15H2,1-3H3,(H,24,27)(H,25,28)/t19?,21-/m0/s1. The third kappa shape index (κ3) is 8.13. The van der Waals surface area contributed by atoms with Crippen molar-refractivity contribution in [1.82, 2.24) is 10.6 Å². The van der Waals surface area contributed by atoms with Crippen LogP contribution in [0.25, 0.3) is 0 Å². The Labute approximate surface area is 177 Å². The summed E-state index contributed by atoms with van der Waals surface area (Å²) >= 11 is 0. The molecule has 2 aromatic rings. The zero-order valence-corrected chi connectivity index (χ0v) is 17.6. The van der Waals surface area contributed by atoms with Gasteiger partial charge in [-0.15, -0.1) is 0 Å². The van der Waals surface area contributed by atoms with Gasteiger partial charge in [0, 0.05) is 6.54 Å². The van der Waals surface area contributed by atoms with Crippen molar-refractivity contribution in [3.8, 4) is 5.75 Å². The van der Waals surface area contributed by atoms with Crippen LogP contribution in [0, 0.1) is 12.8 Å². The highest BCUT2D eigenvalue weighted by atomic mass is 16.5. The van der Waals surface area contributed by atoms with Gasteiger partial charge in [0.25, 0.3) is 0 Å². The molecular weight excluding hydrogens is 384 g/mol. The molecular formula is C23H30N2O5. The minimum atomic E-state index is -0.882. The van der Waals surface area contributed by atoms with Crippen LogP contribution in [0.4, 0.5) is 4.79 Å². The Kier molecular flexibility index (Phi) is 9.15. The highest BCUT2D eigenvalue weighted by Gasteiger charge is 2.25. The fourth-order valence-corrected chi connectivity index (χ4v) is 2.71. The van der Waals surface area contributed by atoms with Crippen LogP contribution in [0.2, 0.25) is 0 Å². The summed E-state index contributed by atoms with van der Waals surface area (Å²) in [6.07, 6.45) is -1.55. The summed E-state index contributed by atoms with van der Waals surface area (Å²) in [5.74, 6) is 0.106. The number of amides is 2. The number of carbonyl (C=O) groups excluding carboxylic acids is 2. The molecule has 7 nitrogen and oxygen atoms in total. The van der Waals surface area contributed by atoms with Gasteiger partial charge in [0.1, 0.15) is 31.1 Å². The molecule has 2 aromatic carbocycles. The van der Waals surface area contributed by atoms with Crippen LogP contribution in [0.3, 0.4) is 0 Å². The van der Waals surface area contributed by atoms with Crippen molar-refractivity contribution in [3.05, 3.63) is 65.7 Å². The molecule has 162 valence electrons. The molecule has 0 fully saturated rings. The normalized spacial score (nSPS) is 12.7. The van der Waals surface area contributed by atoms with Gasteiger partial charge in [-0.3, -0.25) is 4.79 Å². The van der Waals surface area contributed by atoms with E-state index in [0.29, 0.717) is 5.75 Å². The Morgan fingerprint density at radius 2 is 1.80 bits per heavy atom. The summed E-state index contributed by atoms with van der Waals surface area (Å²) in [7, 11) is 0. The van der Waals surface area contributed by atoms with E-state index in [-0.39, 0.29) is 25.7 Å². The topological polar surface area (TPSA) is 96.9 Å². The first-order chi connectivity index (χ1) is 14.3. The SMILES string of the molecule is Cc1cccc(OCC(O)CNC(=O)[C@@H](NC(=O)OCc2ccccc2)C(C)C)c1. The molecule has 0 aromatic heterocycles. The van der Waals surface area contributed by atoms with Gasteiger partial charge in [0.15, 0.2) is 0 Å². The first-order valence-electron chi connectivity index (χ1n) is 9.97. The van der Waals surface area contributed by atoms with Gasteiger partial charge in [-0.25, -0.2) is 4.79 Å². The molecule has 0 saturated carbocycles. The Morgan fingerprint density at radius 1 is 1.07 bits per heavy atom. The second-order valence-electron chi connectivity index (χ2n) is 7.45. The fraction of sp³-hybridized carbons (Fsp3) is 0.391. The molecule has 0 aliphatic rings. The average molecular weight is 415 g/mol. The maximum Gasteiger partial charge on any atom is 0.408 e. The smallest absolute Gasteiger partial charge is 0.408 e. The van der Waals surface area contributed by atoms with Crippen molar-refractivity contribution < 1.29 is 24.2 Å². The molecule has 2 atom stereocenters. The number of aliphatic hydroxyl groups excluding tert-OH is 1. The summed E-state index contributed by atoms with van der Waals surface area (Å²) in [5, 5.41) is 15.3. The number of aliphatic hydroxyl groups is 1. The van der Waals surface area contributed by atoms with Crippen LogP contribution >= 0.6 is 0 Å². The molecule has 0 bridgehead atoms. The summed E-state index contributed by atoms with van der Waals surface area (Å²) < 4.78 is 10.7. The van der Waals surface area contributed by atoms with Crippen molar-refractivity contribution in [1.29, 1.82) is 0 Å². The van der Waals surface area contributed by atoms with Gasteiger partial charge < -0.3 is 25.2 Å². The molecule has 1 unspecified atom stereocenters. The summed E-state index contributed by atoms with van der Waals surface area (Å²) in [5.41, 5.74) is 1.91. The number of aryl methyl sites for hydroxylation is 1. The molecule has 7 heteroatoms. The van der Waals surface area contributed by atoms with Crippen LogP contribution < -0.4 is 15.4 Å². The summed E-state index contributed by atoms with van der Waals surface area (Å²) in [4.78, 5) is 24.6. The maximum absolute atomic E-state index is 12.5. The monoisotopic (exact) mass is 414 g/mol. The van der Waals surface area contributed by atoms with Gasteiger partial charge in [-0.1, -0.05) is 56.3 Å². The van der Waals surface area contributed by atoms with E-state index in [0.717, 1.165) is 11.1 Å². The summed E-state index contributed by atoms with van der Waals surface area (Å²) in [6.45, 7) is 5.76. The van der Waals surface area contributed by atoms with Crippen molar-refractivity contribution in [2.75, 3.05) is 13.2 Å². The van der Waals surface area contributed by atoms with Gasteiger partial charge in [-0.2, -0.15) is 0 Å². The zero-order valence-electron chi connectivity index (χ0n) is 17.6. The maximum atomic E-state index is 12.5. The zero-order chi connectivity index (χ0) is 21.9. The number of ether oxygens (including phenoxy) is 2. The Morgan fingerprint density at radius 3 is 2.47 bits per heavy atom. The Balaban J connectivity index is 1.76. The number of nitrogens with one attached hydrogen (secondary N) is 2. The minimum absolute atomic E-state index is 0.00854. The van der Waals surface area contributed by atoms with Crippen LogP contribution in [-0.2, 0) is 16.1 Å². The number of alkyl carbamates (subject to hydrolysis) is 1. The first-order valence-corrected chi connectivity index (χ1v) is 9.97. The minimum Gasteiger partial charge on any atom is -0.491 e. The molecule has 0 aliphatic heterocycles. The van der Waals surface area contributed by atoms with E-state index in [1.54, 1.807) is 6.07 Å². The van der Waals surface area contributed by atoms with E-state index in [4.69, 9.17) is 9.47 Å². The molecule has 30 heavy (non-hydrogen) atoms. The average Bonchev–Trinajstić information content (AvgIpc) is 2.73. The van der Waals surface area contributed by atoms with Crippen LogP contribution in [0.1, 0.15) is 25.0 Å². The Hall–Kier alpha value is -3.06. The molecule has 0 radical (unpaired) electrons. The highest BCUT2D eigenvalue weighted by Crippen LogP contribution is 2.12. The predicted molar refractivity (Wildman–Crippen MR) is 114 cm³/mol. The predicted octanol–water partition coefficient (Wildman–Crippen LogP) is 2.80. The van der Waals surface area contributed by atoms with E-state index in [1.807, 2.05) is 69.3 Å². The fourth-order valence-electron chi connectivity index (χ4n) is 2.71. The highest BCUT2D eigenvalue weighted by molar-refractivity contribution is 5.85. The Bertz CT molecular complexity index is 810. The van der Waals surface area contributed by atoms with Crippen LogP contribution in [-0.4, -0.2) is 42.4 Å². The molecule has 0 heterocycles. The second-order valence-corrected chi connectivity index (χ2v) is 7.45. The van der Waals surface area contributed by atoms with E-state index in [1.165, 1.54) is 0 Å². The molecule has 0 spiro atoms. The van der Waals surface area contributed by atoms with E-state index >= 15 is 0 Å². The number of hydrogen-bond acceptors (Lipinski definition) is 5. The van der Waals surface area contributed by atoms with Gasteiger partial charge >= 0.3 is 6.09 Å². The van der Waals surface area contributed by atoms with Crippen LogP contribution in [0.5, 0.6) is 5.75 Å².